The van der Waals surface area contributed by atoms with Crippen molar-refractivity contribution in [2.24, 2.45) is 0 Å². The third-order valence-electron chi connectivity index (χ3n) is 5.00. The van der Waals surface area contributed by atoms with Gasteiger partial charge in [-0.3, -0.25) is 4.79 Å². The molecule has 2 aromatic carbocycles. The lowest BCUT2D eigenvalue weighted by molar-refractivity contribution is 0.383. The van der Waals surface area contributed by atoms with E-state index in [4.69, 9.17) is 12.2 Å². The molecular weight excluding hydrogens is 392 g/mol. The average molecular weight is 423 g/mol. The summed E-state index contributed by atoms with van der Waals surface area (Å²) >= 11 is 5.70. The fourth-order valence-corrected chi connectivity index (χ4v) is 3.62. The minimum Gasteiger partial charge on any atom is -0.363 e. The van der Waals surface area contributed by atoms with Crippen LogP contribution in [0.1, 0.15) is 23.1 Å². The summed E-state index contributed by atoms with van der Waals surface area (Å²) in [6.45, 7) is 4.92. The second-order valence-electron chi connectivity index (χ2n) is 7.94. The predicted octanol–water partition coefficient (Wildman–Crippen LogP) is 3.66. The number of benzene rings is 2. The number of aryl methyl sites for hydroxylation is 1. The second-order valence-corrected chi connectivity index (χ2v) is 8.33. The molecule has 3 rings (SSSR count). The molecule has 0 spiro atoms. The maximum absolute atomic E-state index is 12.7. The Hall–Kier alpha value is -2.70. The fourth-order valence-electron chi connectivity index (χ4n) is 3.39. The van der Waals surface area contributed by atoms with Gasteiger partial charge in [0.15, 0.2) is 5.11 Å². The number of pyridine rings is 1. The third kappa shape index (κ3) is 6.15. The molecule has 0 aliphatic carbocycles. The molecule has 0 atom stereocenters. The van der Waals surface area contributed by atoms with Crippen LogP contribution in [-0.2, 0) is 13.1 Å². The number of fused-ring (bicyclic) bond motifs is 1. The third-order valence-corrected chi connectivity index (χ3v) is 5.40. The van der Waals surface area contributed by atoms with Crippen LogP contribution in [0.4, 0.5) is 0 Å². The lowest BCUT2D eigenvalue weighted by atomic mass is 10.1. The van der Waals surface area contributed by atoms with Gasteiger partial charge in [0.1, 0.15) is 0 Å². The summed E-state index contributed by atoms with van der Waals surface area (Å²) in [6.07, 6.45) is 1.00. The lowest BCUT2D eigenvalue weighted by Crippen LogP contribution is -2.40. The van der Waals surface area contributed by atoms with E-state index in [1.165, 1.54) is 0 Å². The standard InChI is InChI=1S/C24H30N4OS/c1-18-10-11-20-15-21(23(29)26-22(20)14-18)17-28(16-19-8-5-4-6-9-19)24(30)25-12-7-13-27(2)3/h4-6,8-11,14-15H,7,12-13,16-17H2,1-3H3,(H,25,30)(H,26,29). The van der Waals surface area contributed by atoms with Gasteiger partial charge in [0.2, 0.25) is 0 Å². The molecule has 1 aromatic heterocycles. The topological polar surface area (TPSA) is 51.4 Å². The molecule has 6 heteroatoms. The Morgan fingerprint density at radius 2 is 1.83 bits per heavy atom. The van der Waals surface area contributed by atoms with Gasteiger partial charge in [0.25, 0.3) is 5.56 Å². The number of aromatic amines is 1. The van der Waals surface area contributed by atoms with Gasteiger partial charge in [-0.25, -0.2) is 0 Å². The Morgan fingerprint density at radius 1 is 1.07 bits per heavy atom. The molecule has 2 N–H and O–H groups in total. The van der Waals surface area contributed by atoms with Crippen molar-refractivity contribution in [1.82, 2.24) is 20.1 Å². The molecule has 0 aliphatic heterocycles. The zero-order valence-corrected chi connectivity index (χ0v) is 18.8. The first-order valence-corrected chi connectivity index (χ1v) is 10.7. The summed E-state index contributed by atoms with van der Waals surface area (Å²) < 4.78 is 0. The van der Waals surface area contributed by atoms with Gasteiger partial charge in [0, 0.05) is 24.2 Å². The molecule has 0 saturated heterocycles. The molecule has 0 unspecified atom stereocenters. The van der Waals surface area contributed by atoms with Crippen LogP contribution in [0.15, 0.2) is 59.4 Å². The number of hydrogen-bond acceptors (Lipinski definition) is 3. The SMILES string of the molecule is Cc1ccc2cc(CN(Cc3ccccc3)C(=S)NCCCN(C)C)c(=O)[nH]c2c1. The van der Waals surface area contributed by atoms with Crippen LogP contribution in [0, 0.1) is 6.92 Å². The van der Waals surface area contributed by atoms with Gasteiger partial charge in [-0.2, -0.15) is 0 Å². The van der Waals surface area contributed by atoms with Crippen LogP contribution in [0.3, 0.4) is 0 Å². The highest BCUT2D eigenvalue weighted by atomic mass is 32.1. The highest BCUT2D eigenvalue weighted by molar-refractivity contribution is 7.80. The Morgan fingerprint density at radius 3 is 2.57 bits per heavy atom. The van der Waals surface area contributed by atoms with Crippen molar-refractivity contribution in [3.63, 3.8) is 0 Å². The molecule has 0 radical (unpaired) electrons. The molecule has 0 bridgehead atoms. The Balaban J connectivity index is 1.80. The average Bonchev–Trinajstić information content (AvgIpc) is 2.71. The molecule has 0 saturated carbocycles. The number of rotatable bonds is 8. The Kier molecular flexibility index (Phi) is 7.60. The molecule has 30 heavy (non-hydrogen) atoms. The fraction of sp³-hybridized carbons (Fsp3) is 0.333. The summed E-state index contributed by atoms with van der Waals surface area (Å²) in [5.74, 6) is 0. The Labute approximate surface area is 183 Å². The quantitative estimate of drug-likeness (QED) is 0.429. The van der Waals surface area contributed by atoms with Crippen molar-refractivity contribution in [2.45, 2.75) is 26.4 Å². The molecule has 5 nitrogen and oxygen atoms in total. The number of hydrogen-bond donors (Lipinski definition) is 2. The molecule has 0 amide bonds. The van der Waals surface area contributed by atoms with E-state index >= 15 is 0 Å². The second kappa shape index (κ2) is 10.4. The van der Waals surface area contributed by atoms with E-state index in [2.05, 4.69) is 52.4 Å². The van der Waals surface area contributed by atoms with Crippen LogP contribution in [0.2, 0.25) is 0 Å². The van der Waals surface area contributed by atoms with Crippen molar-refractivity contribution in [1.29, 1.82) is 0 Å². The minimum absolute atomic E-state index is 0.0680. The highest BCUT2D eigenvalue weighted by Crippen LogP contribution is 2.15. The summed E-state index contributed by atoms with van der Waals surface area (Å²) in [7, 11) is 4.13. The first-order chi connectivity index (χ1) is 14.4. The largest absolute Gasteiger partial charge is 0.363 e. The number of thiocarbonyl (C=S) groups is 1. The van der Waals surface area contributed by atoms with Crippen molar-refractivity contribution in [3.8, 4) is 0 Å². The van der Waals surface area contributed by atoms with E-state index in [0.29, 0.717) is 23.8 Å². The van der Waals surface area contributed by atoms with E-state index in [1.807, 2.05) is 43.3 Å². The normalized spacial score (nSPS) is 11.1. The van der Waals surface area contributed by atoms with Gasteiger partial charge >= 0.3 is 0 Å². The van der Waals surface area contributed by atoms with Crippen LogP contribution in [0.25, 0.3) is 10.9 Å². The van der Waals surface area contributed by atoms with Crippen LogP contribution < -0.4 is 10.9 Å². The van der Waals surface area contributed by atoms with Crippen molar-refractivity contribution in [3.05, 3.63) is 81.6 Å². The minimum atomic E-state index is -0.0680. The van der Waals surface area contributed by atoms with E-state index in [9.17, 15) is 4.79 Å². The zero-order valence-electron chi connectivity index (χ0n) is 17.9. The van der Waals surface area contributed by atoms with Crippen LogP contribution in [-0.4, -0.2) is 47.1 Å². The van der Waals surface area contributed by atoms with Gasteiger partial charge in [-0.05, 0) is 74.8 Å². The smallest absolute Gasteiger partial charge is 0.253 e. The van der Waals surface area contributed by atoms with Crippen molar-refractivity contribution < 1.29 is 0 Å². The van der Waals surface area contributed by atoms with Gasteiger partial charge in [0.05, 0.1) is 6.54 Å². The van der Waals surface area contributed by atoms with Crippen molar-refractivity contribution in [2.75, 3.05) is 27.2 Å². The van der Waals surface area contributed by atoms with Gasteiger partial charge in [-0.1, -0.05) is 42.5 Å². The molecular formula is C24H30N4OS. The molecule has 0 aliphatic rings. The van der Waals surface area contributed by atoms with Crippen LogP contribution >= 0.6 is 12.2 Å². The summed E-state index contributed by atoms with van der Waals surface area (Å²) in [4.78, 5) is 20.0. The van der Waals surface area contributed by atoms with Crippen LogP contribution in [0.5, 0.6) is 0 Å². The lowest BCUT2D eigenvalue weighted by Gasteiger charge is -2.26. The summed E-state index contributed by atoms with van der Waals surface area (Å²) in [5, 5.41) is 5.06. The highest BCUT2D eigenvalue weighted by Gasteiger charge is 2.14. The van der Waals surface area contributed by atoms with E-state index in [-0.39, 0.29) is 5.56 Å². The first-order valence-electron chi connectivity index (χ1n) is 10.3. The summed E-state index contributed by atoms with van der Waals surface area (Å²) in [6, 6.07) is 18.3. The van der Waals surface area contributed by atoms with Crippen molar-refractivity contribution >= 4 is 28.2 Å². The van der Waals surface area contributed by atoms with Gasteiger partial charge < -0.3 is 20.1 Å². The summed E-state index contributed by atoms with van der Waals surface area (Å²) in [5.41, 5.74) is 3.78. The monoisotopic (exact) mass is 422 g/mol. The van der Waals surface area contributed by atoms with Gasteiger partial charge in [-0.15, -0.1) is 0 Å². The first kappa shape index (κ1) is 22.0. The maximum Gasteiger partial charge on any atom is 0.253 e. The molecule has 3 aromatic rings. The zero-order chi connectivity index (χ0) is 21.5. The van der Waals surface area contributed by atoms with E-state index in [1.54, 1.807) is 0 Å². The molecule has 0 fully saturated rings. The molecule has 1 heterocycles. The van der Waals surface area contributed by atoms with E-state index < -0.39 is 0 Å². The number of nitrogens with zero attached hydrogens (tertiary/aromatic N) is 2. The van der Waals surface area contributed by atoms with E-state index in [0.717, 1.165) is 41.5 Å². The number of H-pyrrole nitrogens is 1. The number of aromatic nitrogens is 1. The molecule has 158 valence electrons. The predicted molar refractivity (Wildman–Crippen MR) is 129 cm³/mol. The number of nitrogens with one attached hydrogen (secondary N) is 2. The maximum atomic E-state index is 12.7. The Bertz CT molecular complexity index is 1050.